The Morgan fingerprint density at radius 2 is 2.12 bits per heavy atom. The van der Waals surface area contributed by atoms with Gasteiger partial charge in [-0.25, -0.2) is 4.79 Å². The van der Waals surface area contributed by atoms with Gasteiger partial charge in [0.15, 0.2) is 5.78 Å². The Balaban J connectivity index is 2.65. The van der Waals surface area contributed by atoms with E-state index in [1.807, 2.05) is 6.92 Å². The summed E-state index contributed by atoms with van der Waals surface area (Å²) in [7, 11) is 1.10. The lowest BCUT2D eigenvalue weighted by molar-refractivity contribution is -0.151. The summed E-state index contributed by atoms with van der Waals surface area (Å²) >= 11 is 0. The number of ether oxygens (including phenoxy) is 1. The largest absolute Gasteiger partial charge is 0.463 e. The van der Waals surface area contributed by atoms with Gasteiger partial charge in [-0.3, -0.25) is 14.3 Å². The average molecular weight is 224 g/mol. The SMILES string of the molecule is CCn1cc(C(=O)CC(=O)C(=O)OC)cn1. The molecule has 1 aromatic heterocycles. The van der Waals surface area contributed by atoms with Crippen molar-refractivity contribution in [3.63, 3.8) is 0 Å². The summed E-state index contributed by atoms with van der Waals surface area (Å²) in [5, 5.41) is 3.90. The van der Waals surface area contributed by atoms with Crippen molar-refractivity contribution in [3.05, 3.63) is 18.0 Å². The van der Waals surface area contributed by atoms with Gasteiger partial charge < -0.3 is 4.74 Å². The number of aromatic nitrogens is 2. The predicted octanol–water partition coefficient (Wildman–Crippen LogP) is 0.218. The highest BCUT2D eigenvalue weighted by Gasteiger charge is 2.20. The second kappa shape index (κ2) is 5.20. The lowest BCUT2D eigenvalue weighted by atomic mass is 10.1. The van der Waals surface area contributed by atoms with Crippen LogP contribution in [0.15, 0.2) is 12.4 Å². The number of Topliss-reactive ketones (excluding diaryl/α,β-unsaturated/α-hetero) is 2. The van der Waals surface area contributed by atoms with Gasteiger partial charge in [0.2, 0.25) is 5.78 Å². The minimum atomic E-state index is -1.00. The van der Waals surface area contributed by atoms with Gasteiger partial charge in [0.25, 0.3) is 0 Å². The lowest BCUT2D eigenvalue weighted by Crippen LogP contribution is -2.19. The van der Waals surface area contributed by atoms with Crippen molar-refractivity contribution in [2.45, 2.75) is 19.9 Å². The van der Waals surface area contributed by atoms with E-state index in [-0.39, 0.29) is 0 Å². The van der Waals surface area contributed by atoms with E-state index in [9.17, 15) is 14.4 Å². The summed E-state index contributed by atoms with van der Waals surface area (Å²) < 4.78 is 5.78. The third-order valence-corrected chi connectivity index (χ3v) is 2.01. The van der Waals surface area contributed by atoms with Crippen LogP contribution < -0.4 is 0 Å². The Morgan fingerprint density at radius 3 is 2.62 bits per heavy atom. The van der Waals surface area contributed by atoms with Gasteiger partial charge in [0.1, 0.15) is 0 Å². The van der Waals surface area contributed by atoms with Gasteiger partial charge in [0, 0.05) is 12.7 Å². The minimum Gasteiger partial charge on any atom is -0.463 e. The fraction of sp³-hybridized carbons (Fsp3) is 0.400. The first-order chi connectivity index (χ1) is 7.58. The number of carbonyl (C=O) groups excluding carboxylic acids is 3. The number of nitrogens with zero attached hydrogens (tertiary/aromatic N) is 2. The van der Waals surface area contributed by atoms with E-state index < -0.39 is 24.0 Å². The second-order valence-corrected chi connectivity index (χ2v) is 3.10. The van der Waals surface area contributed by atoms with Crippen LogP contribution in [0.3, 0.4) is 0 Å². The van der Waals surface area contributed by atoms with Crippen LogP contribution in [-0.4, -0.2) is 34.4 Å². The van der Waals surface area contributed by atoms with Crippen molar-refractivity contribution < 1.29 is 19.1 Å². The topological polar surface area (TPSA) is 78.3 Å². The molecule has 0 bridgehead atoms. The van der Waals surface area contributed by atoms with Gasteiger partial charge in [-0.1, -0.05) is 0 Å². The normalized spacial score (nSPS) is 9.88. The first kappa shape index (κ1) is 12.1. The summed E-state index contributed by atoms with van der Waals surface area (Å²) in [6.07, 6.45) is 2.42. The van der Waals surface area contributed by atoms with E-state index >= 15 is 0 Å². The van der Waals surface area contributed by atoms with E-state index in [2.05, 4.69) is 9.84 Å². The van der Waals surface area contributed by atoms with E-state index in [0.29, 0.717) is 12.1 Å². The molecule has 6 nitrogen and oxygen atoms in total. The molecule has 1 rings (SSSR count). The molecule has 0 unspecified atom stereocenters. The zero-order valence-electron chi connectivity index (χ0n) is 9.10. The summed E-state index contributed by atoms with van der Waals surface area (Å²) in [5.41, 5.74) is 0.319. The summed E-state index contributed by atoms with van der Waals surface area (Å²) in [5.74, 6) is -2.29. The molecule has 0 aliphatic carbocycles. The van der Waals surface area contributed by atoms with Crippen molar-refractivity contribution in [1.82, 2.24) is 9.78 Å². The average Bonchev–Trinajstić information content (AvgIpc) is 2.76. The third-order valence-electron chi connectivity index (χ3n) is 2.01. The number of hydrogen-bond acceptors (Lipinski definition) is 5. The maximum Gasteiger partial charge on any atom is 0.374 e. The Kier molecular flexibility index (Phi) is 3.93. The van der Waals surface area contributed by atoms with E-state index in [4.69, 9.17) is 0 Å². The molecule has 86 valence electrons. The fourth-order valence-corrected chi connectivity index (χ4v) is 1.11. The Hall–Kier alpha value is -1.98. The van der Waals surface area contributed by atoms with Crippen LogP contribution in [-0.2, 0) is 20.9 Å². The quantitative estimate of drug-likeness (QED) is 0.309. The monoisotopic (exact) mass is 224 g/mol. The summed E-state index contributed by atoms with van der Waals surface area (Å²) in [4.78, 5) is 33.4. The highest BCUT2D eigenvalue weighted by atomic mass is 16.5. The number of hydrogen-bond donors (Lipinski definition) is 0. The zero-order valence-corrected chi connectivity index (χ0v) is 9.10. The van der Waals surface area contributed by atoms with Crippen LogP contribution in [0.4, 0.5) is 0 Å². The van der Waals surface area contributed by atoms with Crippen molar-refractivity contribution in [2.75, 3.05) is 7.11 Å². The van der Waals surface area contributed by atoms with E-state index in [1.54, 1.807) is 4.68 Å². The van der Waals surface area contributed by atoms with Crippen LogP contribution in [0, 0.1) is 0 Å². The molecule has 0 saturated heterocycles. The molecular formula is C10H12N2O4. The Bertz CT molecular complexity index is 422. The Morgan fingerprint density at radius 1 is 1.44 bits per heavy atom. The number of carbonyl (C=O) groups is 3. The van der Waals surface area contributed by atoms with E-state index in [0.717, 1.165) is 7.11 Å². The predicted molar refractivity (Wildman–Crippen MR) is 53.9 cm³/mol. The molecule has 6 heteroatoms. The fourth-order valence-electron chi connectivity index (χ4n) is 1.11. The molecule has 0 radical (unpaired) electrons. The third kappa shape index (κ3) is 2.75. The van der Waals surface area contributed by atoms with Crippen molar-refractivity contribution >= 4 is 17.5 Å². The van der Waals surface area contributed by atoms with Gasteiger partial charge in [-0.2, -0.15) is 5.10 Å². The molecule has 0 spiro atoms. The number of aryl methyl sites for hydroxylation is 1. The number of ketones is 2. The maximum absolute atomic E-state index is 11.5. The van der Waals surface area contributed by atoms with Gasteiger partial charge in [-0.15, -0.1) is 0 Å². The molecule has 0 saturated carbocycles. The van der Waals surface area contributed by atoms with Crippen LogP contribution in [0.1, 0.15) is 23.7 Å². The van der Waals surface area contributed by atoms with Crippen LogP contribution in [0.5, 0.6) is 0 Å². The molecule has 1 heterocycles. The molecule has 16 heavy (non-hydrogen) atoms. The van der Waals surface area contributed by atoms with Crippen LogP contribution in [0.2, 0.25) is 0 Å². The Labute approximate surface area is 92.2 Å². The standard InChI is InChI=1S/C10H12N2O4/c1-3-12-6-7(5-11-12)8(13)4-9(14)10(15)16-2/h5-6H,3-4H2,1-2H3. The summed E-state index contributed by atoms with van der Waals surface area (Å²) in [6, 6.07) is 0. The molecular weight excluding hydrogens is 212 g/mol. The molecule has 0 aliphatic heterocycles. The van der Waals surface area contributed by atoms with Crippen molar-refractivity contribution in [3.8, 4) is 0 Å². The molecule has 0 N–H and O–H groups in total. The molecule has 1 aromatic rings. The molecule has 0 aliphatic rings. The number of methoxy groups -OCH3 is 1. The minimum absolute atomic E-state index is 0.319. The second-order valence-electron chi connectivity index (χ2n) is 3.10. The molecule has 0 amide bonds. The molecule has 0 fully saturated rings. The smallest absolute Gasteiger partial charge is 0.374 e. The number of esters is 1. The zero-order chi connectivity index (χ0) is 12.1. The van der Waals surface area contributed by atoms with Gasteiger partial charge >= 0.3 is 5.97 Å². The van der Waals surface area contributed by atoms with E-state index in [1.165, 1.54) is 12.4 Å². The van der Waals surface area contributed by atoms with Crippen LogP contribution in [0.25, 0.3) is 0 Å². The first-order valence-electron chi connectivity index (χ1n) is 4.75. The highest BCUT2D eigenvalue weighted by molar-refractivity contribution is 6.38. The van der Waals surface area contributed by atoms with Gasteiger partial charge in [0.05, 0.1) is 25.3 Å². The summed E-state index contributed by atoms with van der Waals surface area (Å²) in [6.45, 7) is 2.51. The lowest BCUT2D eigenvalue weighted by Gasteiger charge is -1.96. The molecule has 0 aromatic carbocycles. The van der Waals surface area contributed by atoms with Crippen molar-refractivity contribution in [1.29, 1.82) is 0 Å². The number of rotatable bonds is 5. The van der Waals surface area contributed by atoms with Crippen molar-refractivity contribution in [2.24, 2.45) is 0 Å². The van der Waals surface area contributed by atoms with Gasteiger partial charge in [-0.05, 0) is 6.92 Å². The highest BCUT2D eigenvalue weighted by Crippen LogP contribution is 2.03. The maximum atomic E-state index is 11.5. The first-order valence-corrected chi connectivity index (χ1v) is 4.75. The van der Waals surface area contributed by atoms with Crippen LogP contribution >= 0.6 is 0 Å². The molecule has 0 atom stereocenters.